The summed E-state index contributed by atoms with van der Waals surface area (Å²) in [7, 11) is 1.42. The zero-order valence-electron chi connectivity index (χ0n) is 10.0. The first-order valence-electron chi connectivity index (χ1n) is 5.52. The van der Waals surface area contributed by atoms with Gasteiger partial charge in [-0.25, -0.2) is 0 Å². The van der Waals surface area contributed by atoms with E-state index < -0.39 is 11.8 Å². The van der Waals surface area contributed by atoms with Gasteiger partial charge in [0.15, 0.2) is 0 Å². The zero-order chi connectivity index (χ0) is 13.7. The van der Waals surface area contributed by atoms with Crippen LogP contribution in [0, 0.1) is 0 Å². The maximum absolute atomic E-state index is 12.0. The summed E-state index contributed by atoms with van der Waals surface area (Å²) in [6, 6.07) is 6.41. The minimum atomic E-state index is -0.801. The highest BCUT2D eigenvalue weighted by Crippen LogP contribution is 2.36. The monoisotopic (exact) mass is 258 g/mol. The third-order valence-corrected chi connectivity index (χ3v) is 3.15. The van der Waals surface area contributed by atoms with Gasteiger partial charge in [-0.15, -0.1) is 5.06 Å². The molecule has 3 N–H and O–H groups in total. The largest absolute Gasteiger partial charge is 0.496 e. The van der Waals surface area contributed by atoms with Crippen LogP contribution in [0.2, 0.25) is 0 Å². The van der Waals surface area contributed by atoms with Crippen molar-refractivity contribution in [2.24, 2.45) is 0 Å². The van der Waals surface area contributed by atoms with Gasteiger partial charge in [0, 0.05) is 11.1 Å². The summed E-state index contributed by atoms with van der Waals surface area (Å²) in [5.41, 5.74) is 6.45. The number of rotatable bonds is 1. The molecule has 6 heteroatoms. The van der Waals surface area contributed by atoms with Crippen LogP contribution in [-0.4, -0.2) is 29.2 Å². The Labute approximate surface area is 107 Å². The molecule has 0 aliphatic carbocycles. The van der Waals surface area contributed by atoms with E-state index in [1.54, 1.807) is 18.2 Å². The summed E-state index contributed by atoms with van der Waals surface area (Å²) in [4.78, 5) is 23.9. The van der Waals surface area contributed by atoms with E-state index in [9.17, 15) is 14.8 Å². The molecule has 0 spiro atoms. The van der Waals surface area contributed by atoms with Crippen molar-refractivity contribution in [1.29, 1.82) is 0 Å². The maximum Gasteiger partial charge on any atom is 0.289 e. The summed E-state index contributed by atoms with van der Waals surface area (Å²) in [6.45, 7) is 0. The standard InChI is InChI=1S/C13H10N2O4/c1-19-9-3-2-6-4-7(14)5-8-10(6)11(9)13(17)15(18)12(8)16/h2-5,18H,14H2,1H3. The molecule has 19 heavy (non-hydrogen) atoms. The lowest BCUT2D eigenvalue weighted by Crippen LogP contribution is -2.37. The Morgan fingerprint density at radius 2 is 1.95 bits per heavy atom. The number of methoxy groups -OCH3 is 1. The highest BCUT2D eigenvalue weighted by atomic mass is 16.5. The minimum Gasteiger partial charge on any atom is -0.496 e. The fraction of sp³-hybridized carbons (Fsp3) is 0.0769. The smallest absolute Gasteiger partial charge is 0.289 e. The lowest BCUT2D eigenvalue weighted by atomic mass is 9.93. The molecule has 0 aromatic heterocycles. The van der Waals surface area contributed by atoms with Crippen molar-refractivity contribution in [2.45, 2.75) is 0 Å². The number of benzene rings is 2. The third-order valence-electron chi connectivity index (χ3n) is 3.15. The average molecular weight is 258 g/mol. The molecule has 3 rings (SSSR count). The van der Waals surface area contributed by atoms with Crippen LogP contribution in [-0.2, 0) is 0 Å². The molecule has 0 unspecified atom stereocenters. The van der Waals surface area contributed by atoms with Crippen LogP contribution >= 0.6 is 0 Å². The molecule has 2 amide bonds. The van der Waals surface area contributed by atoms with Crippen molar-refractivity contribution < 1.29 is 19.5 Å². The van der Waals surface area contributed by atoms with Gasteiger partial charge < -0.3 is 10.5 Å². The molecule has 0 fully saturated rings. The number of nitrogens with two attached hydrogens (primary N) is 1. The molecule has 96 valence electrons. The Kier molecular flexibility index (Phi) is 2.23. The van der Waals surface area contributed by atoms with E-state index in [1.807, 2.05) is 0 Å². The van der Waals surface area contributed by atoms with E-state index in [4.69, 9.17) is 10.5 Å². The minimum absolute atomic E-state index is 0.0824. The summed E-state index contributed by atoms with van der Waals surface area (Å²) in [6.07, 6.45) is 0. The molecule has 2 aromatic carbocycles. The van der Waals surface area contributed by atoms with Crippen LogP contribution in [0.25, 0.3) is 10.8 Å². The first-order chi connectivity index (χ1) is 9.04. The molecule has 1 aliphatic rings. The molecule has 1 aliphatic heterocycles. The van der Waals surface area contributed by atoms with Gasteiger partial charge in [0.2, 0.25) is 0 Å². The molecule has 1 heterocycles. The van der Waals surface area contributed by atoms with Crippen LogP contribution < -0.4 is 10.5 Å². The molecule has 0 radical (unpaired) electrons. The van der Waals surface area contributed by atoms with Gasteiger partial charge in [-0.1, -0.05) is 6.07 Å². The molecular formula is C13H10N2O4. The second kappa shape index (κ2) is 3.69. The second-order valence-electron chi connectivity index (χ2n) is 4.23. The van der Waals surface area contributed by atoms with Gasteiger partial charge in [0.25, 0.3) is 11.8 Å². The van der Waals surface area contributed by atoms with Crippen molar-refractivity contribution in [2.75, 3.05) is 12.8 Å². The number of carbonyl (C=O) groups excluding carboxylic acids is 2. The Morgan fingerprint density at radius 3 is 2.63 bits per heavy atom. The van der Waals surface area contributed by atoms with Crippen molar-refractivity contribution in [3.8, 4) is 5.75 Å². The van der Waals surface area contributed by atoms with E-state index in [1.165, 1.54) is 13.2 Å². The SMILES string of the molecule is COc1ccc2cc(N)cc3c2c1C(=O)N(O)C3=O. The Bertz CT molecular complexity index is 739. The molecule has 0 saturated heterocycles. The summed E-state index contributed by atoms with van der Waals surface area (Å²) in [5.74, 6) is -1.29. The zero-order valence-corrected chi connectivity index (χ0v) is 10.0. The number of imide groups is 1. The van der Waals surface area contributed by atoms with Gasteiger partial charge in [0.1, 0.15) is 5.75 Å². The van der Waals surface area contributed by atoms with Crippen LogP contribution in [0.4, 0.5) is 5.69 Å². The van der Waals surface area contributed by atoms with Crippen LogP contribution in [0.1, 0.15) is 20.7 Å². The molecule has 0 atom stereocenters. The number of nitrogens with zero attached hydrogens (tertiary/aromatic N) is 1. The van der Waals surface area contributed by atoms with E-state index in [-0.39, 0.29) is 16.2 Å². The lowest BCUT2D eigenvalue weighted by molar-refractivity contribution is -0.0379. The number of amides is 2. The summed E-state index contributed by atoms with van der Waals surface area (Å²) in [5, 5.41) is 10.8. The first-order valence-corrected chi connectivity index (χ1v) is 5.52. The number of hydroxylamine groups is 2. The van der Waals surface area contributed by atoms with Crippen molar-refractivity contribution in [3.63, 3.8) is 0 Å². The van der Waals surface area contributed by atoms with E-state index in [2.05, 4.69) is 0 Å². The van der Waals surface area contributed by atoms with Gasteiger partial charge in [-0.3, -0.25) is 14.8 Å². The number of hydrogen-bond acceptors (Lipinski definition) is 5. The summed E-state index contributed by atoms with van der Waals surface area (Å²) >= 11 is 0. The predicted molar refractivity (Wildman–Crippen MR) is 67.2 cm³/mol. The first kappa shape index (κ1) is 11.5. The molecule has 0 saturated carbocycles. The molecule has 0 bridgehead atoms. The third kappa shape index (κ3) is 1.40. The van der Waals surface area contributed by atoms with Crippen molar-refractivity contribution >= 4 is 28.3 Å². The van der Waals surface area contributed by atoms with Crippen LogP contribution in [0.3, 0.4) is 0 Å². The normalized spacial score (nSPS) is 14.1. The van der Waals surface area contributed by atoms with Gasteiger partial charge in [-0.05, 0) is 23.6 Å². The number of anilines is 1. The Hall–Kier alpha value is -2.60. The fourth-order valence-corrected chi connectivity index (χ4v) is 2.33. The molecule has 6 nitrogen and oxygen atoms in total. The average Bonchev–Trinajstić information content (AvgIpc) is 2.41. The second-order valence-corrected chi connectivity index (χ2v) is 4.23. The highest BCUT2D eigenvalue weighted by Gasteiger charge is 2.34. The van der Waals surface area contributed by atoms with E-state index >= 15 is 0 Å². The van der Waals surface area contributed by atoms with Crippen LogP contribution in [0.15, 0.2) is 24.3 Å². The Balaban J connectivity index is 2.53. The quantitative estimate of drug-likeness (QED) is 0.458. The van der Waals surface area contributed by atoms with Crippen molar-refractivity contribution in [1.82, 2.24) is 5.06 Å². The highest BCUT2D eigenvalue weighted by molar-refractivity contribution is 6.26. The van der Waals surface area contributed by atoms with Gasteiger partial charge in [-0.2, -0.15) is 0 Å². The van der Waals surface area contributed by atoms with E-state index in [0.29, 0.717) is 22.2 Å². The lowest BCUT2D eigenvalue weighted by Gasteiger charge is -2.23. The predicted octanol–water partition coefficient (Wildman–Crippen LogP) is 1.42. The summed E-state index contributed by atoms with van der Waals surface area (Å²) < 4.78 is 5.12. The topological polar surface area (TPSA) is 92.9 Å². The molecular weight excluding hydrogens is 248 g/mol. The van der Waals surface area contributed by atoms with E-state index in [0.717, 1.165) is 0 Å². The number of nitrogen functional groups attached to an aromatic ring is 1. The number of carbonyl (C=O) groups is 2. The van der Waals surface area contributed by atoms with Gasteiger partial charge in [0.05, 0.1) is 18.2 Å². The fourth-order valence-electron chi connectivity index (χ4n) is 2.33. The van der Waals surface area contributed by atoms with Crippen LogP contribution in [0.5, 0.6) is 5.75 Å². The number of hydrogen-bond donors (Lipinski definition) is 2. The van der Waals surface area contributed by atoms with Crippen molar-refractivity contribution in [3.05, 3.63) is 35.4 Å². The Morgan fingerprint density at radius 1 is 1.21 bits per heavy atom. The molecule has 2 aromatic rings. The number of ether oxygens (including phenoxy) is 1. The van der Waals surface area contributed by atoms with Gasteiger partial charge >= 0.3 is 0 Å². The maximum atomic E-state index is 12.0.